The minimum atomic E-state index is -0.587. The Morgan fingerprint density at radius 3 is 2.52 bits per heavy atom. The van der Waals surface area contributed by atoms with Crippen molar-refractivity contribution in [3.8, 4) is 16.9 Å². The van der Waals surface area contributed by atoms with Gasteiger partial charge < -0.3 is 14.2 Å². The molecule has 0 bridgehead atoms. The molecule has 23 heavy (non-hydrogen) atoms. The van der Waals surface area contributed by atoms with Gasteiger partial charge in [-0.2, -0.15) is 11.3 Å². The first-order chi connectivity index (χ1) is 10.8. The van der Waals surface area contributed by atoms with E-state index in [1.54, 1.807) is 32.1 Å². The minimum absolute atomic E-state index is 0.269. The van der Waals surface area contributed by atoms with E-state index in [9.17, 15) is 9.59 Å². The predicted octanol–water partition coefficient (Wildman–Crippen LogP) is 3.98. The summed E-state index contributed by atoms with van der Waals surface area (Å²) in [5.74, 6) is -0.627. The number of carbonyl (C=O) groups excluding carboxylic acids is 2. The lowest BCUT2D eigenvalue weighted by atomic mass is 10.1. The Balaban J connectivity index is 2.23. The first-order valence-corrected chi connectivity index (χ1v) is 8.71. The summed E-state index contributed by atoms with van der Waals surface area (Å²) >= 11 is 2.76. The molecule has 2 aromatic heterocycles. The molecule has 0 aliphatic rings. The molecule has 5 nitrogen and oxygen atoms in total. The van der Waals surface area contributed by atoms with Crippen LogP contribution in [0, 0.1) is 0 Å². The Bertz CT molecular complexity index is 680. The zero-order valence-electron chi connectivity index (χ0n) is 13.4. The Kier molecular flexibility index (Phi) is 5.43. The number of thiophene rings is 2. The van der Waals surface area contributed by atoms with Crippen molar-refractivity contribution in [2.75, 3.05) is 13.7 Å². The van der Waals surface area contributed by atoms with Crippen LogP contribution in [-0.2, 0) is 14.3 Å². The van der Waals surface area contributed by atoms with Crippen LogP contribution >= 0.6 is 22.7 Å². The summed E-state index contributed by atoms with van der Waals surface area (Å²) in [6.45, 7) is 5.08. The minimum Gasteiger partial charge on any atom is -0.479 e. The maximum Gasteiger partial charge on any atom is 0.351 e. The van der Waals surface area contributed by atoms with E-state index in [4.69, 9.17) is 14.2 Å². The van der Waals surface area contributed by atoms with Gasteiger partial charge in [-0.3, -0.25) is 0 Å². The van der Waals surface area contributed by atoms with Crippen molar-refractivity contribution in [2.45, 2.75) is 26.4 Å². The summed E-state index contributed by atoms with van der Waals surface area (Å²) < 4.78 is 15.6. The fourth-order valence-electron chi connectivity index (χ4n) is 1.84. The summed E-state index contributed by atoms with van der Waals surface area (Å²) in [5.41, 5.74) is 1.11. The van der Waals surface area contributed by atoms with Crippen LogP contribution in [0.5, 0.6) is 5.75 Å². The van der Waals surface area contributed by atoms with Crippen molar-refractivity contribution in [1.29, 1.82) is 0 Å². The molecule has 0 amide bonds. The molecule has 0 unspecified atom stereocenters. The quantitative estimate of drug-likeness (QED) is 0.760. The van der Waals surface area contributed by atoms with Crippen molar-refractivity contribution in [3.05, 3.63) is 27.1 Å². The standard InChI is InChI=1S/C16H18O5S2/c1-16(2,3)21-12(17)7-20-13-11(10-5-6-22-8-10)9-23-14(13)15(18)19-4/h5-6,8-9H,7H2,1-4H3. The third-order valence-corrected chi connectivity index (χ3v) is 4.33. The lowest BCUT2D eigenvalue weighted by molar-refractivity contribution is -0.157. The number of esters is 2. The molecule has 124 valence electrons. The molecule has 0 aliphatic carbocycles. The van der Waals surface area contributed by atoms with Crippen LogP contribution in [0.3, 0.4) is 0 Å². The molecule has 2 aromatic rings. The van der Waals surface area contributed by atoms with Gasteiger partial charge in [0.15, 0.2) is 17.2 Å². The van der Waals surface area contributed by atoms with Gasteiger partial charge in [-0.15, -0.1) is 11.3 Å². The molecule has 0 spiro atoms. The Morgan fingerprint density at radius 2 is 1.96 bits per heavy atom. The van der Waals surface area contributed by atoms with Crippen LogP contribution < -0.4 is 4.74 Å². The van der Waals surface area contributed by atoms with Gasteiger partial charge in [0.1, 0.15) is 5.60 Å². The van der Waals surface area contributed by atoms with Crippen LogP contribution in [0.2, 0.25) is 0 Å². The molecule has 0 N–H and O–H groups in total. The van der Waals surface area contributed by atoms with E-state index in [-0.39, 0.29) is 6.61 Å². The number of rotatable bonds is 5. The van der Waals surface area contributed by atoms with Gasteiger partial charge >= 0.3 is 11.9 Å². The SMILES string of the molecule is COC(=O)c1scc(-c2ccsc2)c1OCC(=O)OC(C)(C)C. The molecule has 0 aliphatic heterocycles. The van der Waals surface area contributed by atoms with Gasteiger partial charge in [-0.1, -0.05) is 0 Å². The monoisotopic (exact) mass is 354 g/mol. The predicted molar refractivity (Wildman–Crippen MR) is 90.3 cm³/mol. The molecular weight excluding hydrogens is 336 g/mol. The Hall–Kier alpha value is -1.86. The number of methoxy groups -OCH3 is 1. The van der Waals surface area contributed by atoms with E-state index in [1.165, 1.54) is 18.4 Å². The molecular formula is C16H18O5S2. The third-order valence-electron chi connectivity index (χ3n) is 2.70. The van der Waals surface area contributed by atoms with E-state index in [1.807, 2.05) is 22.2 Å². The van der Waals surface area contributed by atoms with Crippen LogP contribution in [0.25, 0.3) is 11.1 Å². The van der Waals surface area contributed by atoms with Crippen LogP contribution in [0.1, 0.15) is 30.4 Å². The van der Waals surface area contributed by atoms with Gasteiger partial charge in [-0.05, 0) is 43.2 Å². The highest BCUT2D eigenvalue weighted by Gasteiger charge is 2.23. The van der Waals surface area contributed by atoms with E-state index < -0.39 is 17.5 Å². The fraction of sp³-hybridized carbons (Fsp3) is 0.375. The van der Waals surface area contributed by atoms with Gasteiger partial charge in [0.2, 0.25) is 0 Å². The molecule has 0 saturated carbocycles. The normalized spacial score (nSPS) is 11.1. The average molecular weight is 354 g/mol. The number of ether oxygens (including phenoxy) is 3. The largest absolute Gasteiger partial charge is 0.479 e. The van der Waals surface area contributed by atoms with E-state index in [2.05, 4.69) is 0 Å². The lowest BCUT2D eigenvalue weighted by Gasteiger charge is -2.19. The van der Waals surface area contributed by atoms with Crippen LogP contribution in [0.4, 0.5) is 0 Å². The van der Waals surface area contributed by atoms with Gasteiger partial charge in [0.25, 0.3) is 0 Å². The van der Waals surface area contributed by atoms with Crippen molar-refractivity contribution < 1.29 is 23.8 Å². The van der Waals surface area contributed by atoms with Gasteiger partial charge in [-0.25, -0.2) is 9.59 Å². The number of carbonyl (C=O) groups is 2. The molecule has 2 rings (SSSR count). The summed E-state index contributed by atoms with van der Waals surface area (Å²) in [6, 6.07) is 1.92. The zero-order chi connectivity index (χ0) is 17.0. The highest BCUT2D eigenvalue weighted by molar-refractivity contribution is 7.13. The highest BCUT2D eigenvalue weighted by Crippen LogP contribution is 2.39. The molecule has 0 atom stereocenters. The molecule has 0 aromatic carbocycles. The second-order valence-electron chi connectivity index (χ2n) is 5.69. The first kappa shape index (κ1) is 17.5. The van der Waals surface area contributed by atoms with Gasteiger partial charge in [0, 0.05) is 10.9 Å². The number of hydrogen-bond acceptors (Lipinski definition) is 7. The Morgan fingerprint density at radius 1 is 1.22 bits per heavy atom. The molecule has 0 saturated heterocycles. The molecule has 0 radical (unpaired) electrons. The van der Waals surface area contributed by atoms with E-state index >= 15 is 0 Å². The van der Waals surface area contributed by atoms with Crippen molar-refractivity contribution >= 4 is 34.6 Å². The third kappa shape index (κ3) is 4.56. The topological polar surface area (TPSA) is 61.8 Å². The maximum absolute atomic E-state index is 11.9. The molecule has 2 heterocycles. The maximum atomic E-state index is 11.9. The molecule has 0 fully saturated rings. The van der Waals surface area contributed by atoms with Crippen molar-refractivity contribution in [3.63, 3.8) is 0 Å². The highest BCUT2D eigenvalue weighted by atomic mass is 32.1. The van der Waals surface area contributed by atoms with E-state index in [0.29, 0.717) is 10.6 Å². The fourth-order valence-corrected chi connectivity index (χ4v) is 3.43. The molecule has 7 heteroatoms. The lowest BCUT2D eigenvalue weighted by Crippen LogP contribution is -2.27. The first-order valence-electron chi connectivity index (χ1n) is 6.89. The smallest absolute Gasteiger partial charge is 0.351 e. The summed E-state index contributed by atoms with van der Waals surface area (Å²) in [5, 5.41) is 5.70. The average Bonchev–Trinajstić information content (AvgIpc) is 3.11. The summed E-state index contributed by atoms with van der Waals surface area (Å²) in [6.07, 6.45) is 0. The summed E-state index contributed by atoms with van der Waals surface area (Å²) in [7, 11) is 1.31. The van der Waals surface area contributed by atoms with Crippen LogP contribution in [0.15, 0.2) is 22.2 Å². The second kappa shape index (κ2) is 7.14. The van der Waals surface area contributed by atoms with E-state index in [0.717, 1.165) is 11.1 Å². The zero-order valence-corrected chi connectivity index (χ0v) is 15.0. The summed E-state index contributed by atoms with van der Waals surface area (Å²) in [4.78, 5) is 24.1. The number of hydrogen-bond donors (Lipinski definition) is 0. The second-order valence-corrected chi connectivity index (χ2v) is 7.35. The van der Waals surface area contributed by atoms with Crippen molar-refractivity contribution in [1.82, 2.24) is 0 Å². The van der Waals surface area contributed by atoms with Crippen LogP contribution in [-0.4, -0.2) is 31.3 Å². The van der Waals surface area contributed by atoms with Crippen molar-refractivity contribution in [2.24, 2.45) is 0 Å². The van der Waals surface area contributed by atoms with Gasteiger partial charge in [0.05, 0.1) is 7.11 Å². The Labute approximate surface area is 142 Å².